The summed E-state index contributed by atoms with van der Waals surface area (Å²) in [7, 11) is 2.07. The van der Waals surface area contributed by atoms with Gasteiger partial charge in [-0.3, -0.25) is 0 Å². The molecule has 0 bridgehead atoms. The summed E-state index contributed by atoms with van der Waals surface area (Å²) in [6.07, 6.45) is 3.78. The van der Waals surface area contributed by atoms with E-state index >= 15 is 0 Å². The average molecular weight is 218 g/mol. The minimum absolute atomic E-state index is 0.743. The van der Waals surface area contributed by atoms with Crippen LogP contribution in [0.2, 0.25) is 0 Å². The lowest BCUT2D eigenvalue weighted by Crippen LogP contribution is -2.41. The van der Waals surface area contributed by atoms with Crippen molar-refractivity contribution in [2.75, 3.05) is 26.7 Å². The van der Waals surface area contributed by atoms with Gasteiger partial charge < -0.3 is 10.2 Å². The van der Waals surface area contributed by atoms with Gasteiger partial charge in [0.05, 0.1) is 0 Å². The minimum Gasteiger partial charge on any atom is -0.317 e. The van der Waals surface area contributed by atoms with Crippen molar-refractivity contribution in [2.45, 2.75) is 25.3 Å². The van der Waals surface area contributed by atoms with Gasteiger partial charge in [0.15, 0.2) is 0 Å². The fraction of sp³-hybridized carbons (Fsp3) is 0.571. The molecule has 0 saturated carbocycles. The first-order valence-corrected chi connectivity index (χ1v) is 6.32. The van der Waals surface area contributed by atoms with Crippen LogP contribution in [0.15, 0.2) is 30.3 Å². The maximum Gasteiger partial charge on any atom is 0.00884 e. The van der Waals surface area contributed by atoms with Crippen molar-refractivity contribution in [1.82, 2.24) is 10.2 Å². The number of rotatable bonds is 4. The van der Waals surface area contributed by atoms with E-state index in [9.17, 15) is 0 Å². The van der Waals surface area contributed by atoms with Crippen molar-refractivity contribution >= 4 is 0 Å². The van der Waals surface area contributed by atoms with Crippen LogP contribution in [0.1, 0.15) is 18.4 Å². The van der Waals surface area contributed by atoms with E-state index in [0.717, 1.165) is 6.04 Å². The van der Waals surface area contributed by atoms with Crippen LogP contribution in [0.25, 0.3) is 0 Å². The molecule has 1 aliphatic heterocycles. The van der Waals surface area contributed by atoms with Crippen molar-refractivity contribution in [1.29, 1.82) is 0 Å². The normalized spacial score (nSPS) is 18.8. The Labute approximate surface area is 98.7 Å². The molecule has 0 spiro atoms. The molecule has 1 fully saturated rings. The smallest absolute Gasteiger partial charge is 0.00884 e. The molecule has 1 aromatic carbocycles. The Morgan fingerprint density at radius 1 is 1.19 bits per heavy atom. The molecule has 1 aromatic rings. The Balaban J connectivity index is 1.72. The Morgan fingerprint density at radius 2 is 1.88 bits per heavy atom. The molecule has 0 amide bonds. The number of piperidine rings is 1. The molecule has 1 aliphatic rings. The molecule has 0 aliphatic carbocycles. The van der Waals surface area contributed by atoms with Crippen LogP contribution in [-0.2, 0) is 6.42 Å². The second kappa shape index (κ2) is 6.02. The fourth-order valence-corrected chi connectivity index (χ4v) is 2.38. The number of hydrogen-bond acceptors (Lipinski definition) is 2. The van der Waals surface area contributed by atoms with Crippen molar-refractivity contribution in [2.24, 2.45) is 0 Å². The van der Waals surface area contributed by atoms with Crippen molar-refractivity contribution in [3.63, 3.8) is 0 Å². The van der Waals surface area contributed by atoms with Crippen LogP contribution >= 0.6 is 0 Å². The van der Waals surface area contributed by atoms with Gasteiger partial charge in [-0.1, -0.05) is 30.3 Å². The number of nitrogens with one attached hydrogen (secondary N) is 1. The number of likely N-dealkylation sites (tertiary alicyclic amines) is 1. The number of nitrogens with zero attached hydrogens (tertiary/aromatic N) is 1. The van der Waals surface area contributed by atoms with Crippen LogP contribution in [0.4, 0.5) is 0 Å². The molecular weight excluding hydrogens is 196 g/mol. The first-order chi connectivity index (χ1) is 7.88. The first-order valence-electron chi connectivity index (χ1n) is 6.32. The maximum absolute atomic E-state index is 3.37. The second-order valence-corrected chi connectivity index (χ2v) is 4.64. The van der Waals surface area contributed by atoms with E-state index < -0.39 is 0 Å². The van der Waals surface area contributed by atoms with Gasteiger partial charge in [0, 0.05) is 12.6 Å². The third kappa shape index (κ3) is 3.32. The highest BCUT2D eigenvalue weighted by atomic mass is 15.1. The summed E-state index contributed by atoms with van der Waals surface area (Å²) >= 11 is 0. The monoisotopic (exact) mass is 218 g/mol. The summed E-state index contributed by atoms with van der Waals surface area (Å²) in [6, 6.07) is 11.5. The predicted molar refractivity (Wildman–Crippen MR) is 68.7 cm³/mol. The average Bonchev–Trinajstić information content (AvgIpc) is 2.38. The van der Waals surface area contributed by atoms with E-state index in [1.165, 1.54) is 44.5 Å². The van der Waals surface area contributed by atoms with Crippen LogP contribution in [-0.4, -0.2) is 37.6 Å². The van der Waals surface area contributed by atoms with Crippen molar-refractivity contribution in [3.05, 3.63) is 35.9 Å². The highest BCUT2D eigenvalue weighted by Crippen LogP contribution is 2.10. The Kier molecular flexibility index (Phi) is 4.37. The third-order valence-electron chi connectivity index (χ3n) is 3.56. The number of hydrogen-bond donors (Lipinski definition) is 1. The van der Waals surface area contributed by atoms with E-state index in [0.29, 0.717) is 0 Å². The van der Waals surface area contributed by atoms with E-state index in [4.69, 9.17) is 0 Å². The van der Waals surface area contributed by atoms with Gasteiger partial charge in [0.25, 0.3) is 0 Å². The largest absolute Gasteiger partial charge is 0.317 e. The molecule has 2 nitrogen and oxygen atoms in total. The summed E-state index contributed by atoms with van der Waals surface area (Å²) in [5.41, 5.74) is 1.46. The number of benzene rings is 1. The second-order valence-electron chi connectivity index (χ2n) is 4.64. The molecule has 0 aromatic heterocycles. The van der Waals surface area contributed by atoms with Gasteiger partial charge in [0.2, 0.25) is 0 Å². The fourth-order valence-electron chi connectivity index (χ4n) is 2.38. The van der Waals surface area contributed by atoms with E-state index in [1.807, 2.05) is 0 Å². The third-order valence-corrected chi connectivity index (χ3v) is 3.56. The molecule has 2 rings (SSSR count). The van der Waals surface area contributed by atoms with E-state index in [-0.39, 0.29) is 0 Å². The molecule has 0 radical (unpaired) electrons. The Morgan fingerprint density at radius 3 is 2.50 bits per heavy atom. The Hall–Kier alpha value is -0.860. The molecule has 2 heteroatoms. The van der Waals surface area contributed by atoms with Crippen LogP contribution in [0.3, 0.4) is 0 Å². The molecule has 16 heavy (non-hydrogen) atoms. The molecule has 1 N–H and O–H groups in total. The molecule has 1 heterocycles. The van der Waals surface area contributed by atoms with Gasteiger partial charge in [-0.2, -0.15) is 0 Å². The topological polar surface area (TPSA) is 15.3 Å². The zero-order valence-corrected chi connectivity index (χ0v) is 10.2. The molecule has 1 saturated heterocycles. The lowest BCUT2D eigenvalue weighted by atomic mass is 10.0. The summed E-state index contributed by atoms with van der Waals surface area (Å²) < 4.78 is 0. The zero-order chi connectivity index (χ0) is 11.2. The first kappa shape index (κ1) is 11.6. The summed E-state index contributed by atoms with van der Waals surface area (Å²) in [4.78, 5) is 2.58. The van der Waals surface area contributed by atoms with E-state index in [1.54, 1.807) is 0 Å². The zero-order valence-electron chi connectivity index (χ0n) is 10.2. The SMILES string of the molecule is CNC1CCN(CCc2ccccc2)CC1. The summed E-state index contributed by atoms with van der Waals surface area (Å²) in [5.74, 6) is 0. The standard InChI is InChI=1S/C14H22N2/c1-15-14-8-11-16(12-9-14)10-7-13-5-3-2-4-6-13/h2-6,14-15H,7-12H2,1H3. The predicted octanol–water partition coefficient (Wildman–Crippen LogP) is 1.91. The summed E-state index contributed by atoms with van der Waals surface area (Å²) in [5, 5.41) is 3.37. The highest BCUT2D eigenvalue weighted by molar-refractivity contribution is 5.14. The van der Waals surface area contributed by atoms with Gasteiger partial charge >= 0.3 is 0 Å². The molecule has 0 unspecified atom stereocenters. The van der Waals surface area contributed by atoms with Crippen LogP contribution in [0, 0.1) is 0 Å². The van der Waals surface area contributed by atoms with Gasteiger partial charge in [0.1, 0.15) is 0 Å². The lowest BCUT2D eigenvalue weighted by Gasteiger charge is -2.31. The van der Waals surface area contributed by atoms with Gasteiger partial charge in [-0.05, 0) is 45.0 Å². The maximum atomic E-state index is 3.37. The molecular formula is C14H22N2. The van der Waals surface area contributed by atoms with Crippen LogP contribution < -0.4 is 5.32 Å². The highest BCUT2D eigenvalue weighted by Gasteiger charge is 2.16. The van der Waals surface area contributed by atoms with Gasteiger partial charge in [-0.15, -0.1) is 0 Å². The van der Waals surface area contributed by atoms with E-state index in [2.05, 4.69) is 47.6 Å². The molecule has 88 valence electrons. The van der Waals surface area contributed by atoms with Crippen molar-refractivity contribution in [3.8, 4) is 0 Å². The van der Waals surface area contributed by atoms with Crippen LogP contribution in [0.5, 0.6) is 0 Å². The van der Waals surface area contributed by atoms with Gasteiger partial charge in [-0.25, -0.2) is 0 Å². The minimum atomic E-state index is 0.743. The lowest BCUT2D eigenvalue weighted by molar-refractivity contribution is 0.204. The quantitative estimate of drug-likeness (QED) is 0.830. The molecule has 0 atom stereocenters. The Bertz CT molecular complexity index is 289. The summed E-state index contributed by atoms with van der Waals surface area (Å²) in [6.45, 7) is 3.71. The van der Waals surface area contributed by atoms with Crippen molar-refractivity contribution < 1.29 is 0 Å².